The van der Waals surface area contributed by atoms with Crippen LogP contribution in [0.1, 0.15) is 36.1 Å². The molecule has 0 spiro atoms. The smallest absolute Gasteiger partial charge is 0.196 e. The number of thioether (sulfide) groups is 1. The molecule has 0 saturated heterocycles. The van der Waals surface area contributed by atoms with E-state index in [1.54, 1.807) is 36.4 Å². The fraction of sp³-hybridized carbons (Fsp3) is 0.286. The van der Waals surface area contributed by atoms with Crippen LogP contribution in [0.25, 0.3) is 5.69 Å². The number of Topliss-reactive ketones (excluding diaryl/α,β-unsaturated/α-hetero) is 1. The van der Waals surface area contributed by atoms with Gasteiger partial charge in [-0.05, 0) is 64.3 Å². The lowest BCUT2D eigenvalue weighted by atomic mass is 10.1. The molecule has 1 heterocycles. The second-order valence-electron chi connectivity index (χ2n) is 6.93. The number of benzene rings is 2. The molecule has 29 heavy (non-hydrogen) atoms. The number of hydrogen-bond donors (Lipinski definition) is 0. The molecular weight excluding hydrogens is 411 g/mol. The van der Waals surface area contributed by atoms with Gasteiger partial charge in [-0.3, -0.25) is 14.3 Å². The molecule has 0 N–H and O–H groups in total. The van der Waals surface area contributed by atoms with Gasteiger partial charge in [0.25, 0.3) is 0 Å². The van der Waals surface area contributed by atoms with Crippen LogP contribution in [0.4, 0.5) is 4.39 Å². The largest absolute Gasteiger partial charge is 0.300 e. The molecule has 3 aromatic rings. The summed E-state index contributed by atoms with van der Waals surface area (Å²) in [6.07, 6.45) is 0. The average Bonchev–Trinajstić information content (AvgIpc) is 3.10. The Morgan fingerprint density at radius 2 is 1.83 bits per heavy atom. The van der Waals surface area contributed by atoms with Crippen molar-refractivity contribution in [3.05, 3.63) is 70.8 Å². The summed E-state index contributed by atoms with van der Waals surface area (Å²) in [5.74, 6) is 0.350. The van der Waals surface area contributed by atoms with Crippen molar-refractivity contribution in [2.75, 3.05) is 14.1 Å². The predicted molar refractivity (Wildman–Crippen MR) is 115 cm³/mol. The number of rotatable bonds is 7. The highest BCUT2D eigenvalue weighted by Crippen LogP contribution is 2.30. The molecule has 1 aromatic heterocycles. The van der Waals surface area contributed by atoms with E-state index in [1.807, 2.05) is 37.4 Å². The molecule has 0 radical (unpaired) electrons. The van der Waals surface area contributed by atoms with Gasteiger partial charge in [-0.25, -0.2) is 4.39 Å². The van der Waals surface area contributed by atoms with E-state index in [1.165, 1.54) is 23.9 Å². The molecule has 8 heteroatoms. The van der Waals surface area contributed by atoms with Gasteiger partial charge in [0.1, 0.15) is 5.82 Å². The summed E-state index contributed by atoms with van der Waals surface area (Å²) in [7, 11) is 3.90. The van der Waals surface area contributed by atoms with Gasteiger partial charge in [-0.15, -0.1) is 10.2 Å². The lowest BCUT2D eigenvalue weighted by Crippen LogP contribution is -2.21. The molecule has 2 atom stereocenters. The van der Waals surface area contributed by atoms with Crippen LogP contribution in [-0.2, 0) is 0 Å². The van der Waals surface area contributed by atoms with E-state index in [0.29, 0.717) is 21.6 Å². The average molecular weight is 433 g/mol. The highest BCUT2D eigenvalue weighted by Gasteiger charge is 2.25. The maximum absolute atomic E-state index is 13.4. The maximum atomic E-state index is 13.4. The van der Waals surface area contributed by atoms with Crippen molar-refractivity contribution in [2.24, 2.45) is 0 Å². The van der Waals surface area contributed by atoms with E-state index in [0.717, 1.165) is 5.69 Å². The summed E-state index contributed by atoms with van der Waals surface area (Å²) in [6, 6.07) is 13.0. The van der Waals surface area contributed by atoms with Gasteiger partial charge in [-0.1, -0.05) is 35.5 Å². The van der Waals surface area contributed by atoms with Crippen LogP contribution in [0.15, 0.2) is 53.7 Å². The second kappa shape index (κ2) is 9.07. The molecule has 0 fully saturated rings. The first-order valence-electron chi connectivity index (χ1n) is 9.12. The van der Waals surface area contributed by atoms with Crippen molar-refractivity contribution in [1.29, 1.82) is 0 Å². The van der Waals surface area contributed by atoms with Gasteiger partial charge < -0.3 is 0 Å². The molecule has 2 aromatic carbocycles. The van der Waals surface area contributed by atoms with Gasteiger partial charge >= 0.3 is 0 Å². The number of carbonyl (C=O) groups is 1. The van der Waals surface area contributed by atoms with E-state index in [-0.39, 0.29) is 17.6 Å². The summed E-state index contributed by atoms with van der Waals surface area (Å²) in [5, 5.41) is 9.38. The molecule has 0 aliphatic heterocycles. The van der Waals surface area contributed by atoms with Crippen molar-refractivity contribution in [2.45, 2.75) is 30.3 Å². The Balaban J connectivity index is 1.96. The van der Waals surface area contributed by atoms with E-state index in [9.17, 15) is 9.18 Å². The van der Waals surface area contributed by atoms with Crippen LogP contribution >= 0.6 is 23.4 Å². The number of nitrogens with zero attached hydrogens (tertiary/aromatic N) is 4. The highest BCUT2D eigenvalue weighted by atomic mass is 35.5. The van der Waals surface area contributed by atoms with Gasteiger partial charge in [0, 0.05) is 16.3 Å². The zero-order valence-corrected chi connectivity index (χ0v) is 18.2. The van der Waals surface area contributed by atoms with Crippen LogP contribution < -0.4 is 0 Å². The molecule has 152 valence electrons. The third kappa shape index (κ3) is 4.86. The van der Waals surface area contributed by atoms with Crippen molar-refractivity contribution in [3.8, 4) is 5.69 Å². The summed E-state index contributed by atoms with van der Waals surface area (Å²) in [4.78, 5) is 14.9. The highest BCUT2D eigenvalue weighted by molar-refractivity contribution is 8.00. The number of carbonyl (C=O) groups excluding carboxylic acids is 1. The normalized spacial score (nSPS) is 13.5. The number of halogens is 2. The van der Waals surface area contributed by atoms with Crippen molar-refractivity contribution < 1.29 is 9.18 Å². The van der Waals surface area contributed by atoms with Gasteiger partial charge in [0.05, 0.1) is 11.3 Å². The predicted octanol–water partition coefficient (Wildman–Crippen LogP) is 5.05. The number of ketones is 1. The lowest BCUT2D eigenvalue weighted by molar-refractivity contribution is 0.0994. The summed E-state index contributed by atoms with van der Waals surface area (Å²) >= 11 is 7.33. The molecule has 0 unspecified atom stereocenters. The fourth-order valence-electron chi connectivity index (χ4n) is 2.78. The molecule has 0 amide bonds. The molecular formula is C21H22ClFN4OS. The topological polar surface area (TPSA) is 51.0 Å². The molecule has 0 bridgehead atoms. The third-order valence-corrected chi connectivity index (χ3v) is 5.93. The third-order valence-electron chi connectivity index (χ3n) is 4.65. The van der Waals surface area contributed by atoms with E-state index >= 15 is 0 Å². The quantitative estimate of drug-likeness (QED) is 0.386. The van der Waals surface area contributed by atoms with Crippen LogP contribution in [-0.4, -0.2) is 44.8 Å². The Morgan fingerprint density at radius 3 is 2.45 bits per heavy atom. The van der Waals surface area contributed by atoms with Crippen molar-refractivity contribution in [1.82, 2.24) is 19.7 Å². The molecule has 0 saturated carbocycles. The van der Waals surface area contributed by atoms with Gasteiger partial charge in [-0.2, -0.15) is 0 Å². The van der Waals surface area contributed by atoms with Crippen LogP contribution in [0.5, 0.6) is 0 Å². The fourth-order valence-corrected chi connectivity index (χ4v) is 3.92. The standard InChI is InChI=1S/C21H22ClFN4OS/c1-13(26(3)4)20-24-25-21(27(20)18-10-8-17(23)9-11-18)29-14(2)19(28)15-6-5-7-16(22)12-15/h5-14H,1-4H3/t13-,14+/m0/s1. The molecule has 0 aliphatic rings. The Morgan fingerprint density at radius 1 is 1.14 bits per heavy atom. The summed E-state index contributed by atoms with van der Waals surface area (Å²) in [5.41, 5.74) is 1.29. The van der Waals surface area contributed by atoms with E-state index < -0.39 is 5.25 Å². The zero-order valence-electron chi connectivity index (χ0n) is 16.6. The van der Waals surface area contributed by atoms with Gasteiger partial charge in [0.2, 0.25) is 0 Å². The summed E-state index contributed by atoms with van der Waals surface area (Å²) < 4.78 is 15.3. The minimum Gasteiger partial charge on any atom is -0.300 e. The van der Waals surface area contributed by atoms with E-state index in [2.05, 4.69) is 10.2 Å². The minimum atomic E-state index is -0.403. The SMILES string of the molecule is C[C@@H](Sc1nnc([C@H](C)N(C)C)n1-c1ccc(F)cc1)C(=O)c1cccc(Cl)c1. The van der Waals surface area contributed by atoms with Crippen LogP contribution in [0.2, 0.25) is 5.02 Å². The zero-order chi connectivity index (χ0) is 21.1. The second-order valence-corrected chi connectivity index (χ2v) is 8.67. The number of aromatic nitrogens is 3. The Labute approximate surface area is 178 Å². The van der Waals surface area contributed by atoms with Crippen LogP contribution in [0, 0.1) is 5.82 Å². The first-order valence-corrected chi connectivity index (χ1v) is 10.4. The Bertz CT molecular complexity index is 1010. The Kier molecular flexibility index (Phi) is 6.72. The molecule has 3 rings (SSSR count). The summed E-state index contributed by atoms with van der Waals surface area (Å²) in [6.45, 7) is 3.84. The monoisotopic (exact) mass is 432 g/mol. The minimum absolute atomic E-state index is 0.0270. The first-order chi connectivity index (χ1) is 13.8. The van der Waals surface area contributed by atoms with Crippen molar-refractivity contribution in [3.63, 3.8) is 0 Å². The maximum Gasteiger partial charge on any atom is 0.196 e. The molecule has 5 nitrogen and oxygen atoms in total. The number of hydrogen-bond acceptors (Lipinski definition) is 5. The van der Waals surface area contributed by atoms with Crippen molar-refractivity contribution >= 4 is 29.1 Å². The first kappa shape index (κ1) is 21.5. The van der Waals surface area contributed by atoms with Crippen LogP contribution in [0.3, 0.4) is 0 Å². The Hall–Kier alpha value is -2.22. The van der Waals surface area contributed by atoms with Gasteiger partial charge in [0.15, 0.2) is 16.8 Å². The van der Waals surface area contributed by atoms with E-state index in [4.69, 9.17) is 11.6 Å². The molecule has 0 aliphatic carbocycles. The lowest BCUT2D eigenvalue weighted by Gasteiger charge is -2.21.